The minimum atomic E-state index is -0.239. The number of halogens is 1. The van der Waals surface area contributed by atoms with Crippen molar-refractivity contribution in [2.45, 2.75) is 0 Å². The fourth-order valence-corrected chi connectivity index (χ4v) is 2.06. The van der Waals surface area contributed by atoms with Crippen LogP contribution in [-0.2, 0) is 0 Å². The van der Waals surface area contributed by atoms with E-state index in [-0.39, 0.29) is 5.91 Å². The molecule has 2 aromatic rings. The molecule has 0 saturated carbocycles. The molecule has 2 N–H and O–H groups in total. The standard InChI is InChI=1S/C14H14BrN3O2/c1-16-12-5-6-17-8-10(12)14(19)18-13-7-9(20-2)3-4-11(13)15/h3-8H,1-2H3,(H,16,17)(H,18,19). The van der Waals surface area contributed by atoms with E-state index in [1.54, 1.807) is 32.5 Å². The Balaban J connectivity index is 2.27. The lowest BCUT2D eigenvalue weighted by atomic mass is 10.2. The molecule has 0 unspecified atom stereocenters. The van der Waals surface area contributed by atoms with Crippen LogP contribution in [0.4, 0.5) is 11.4 Å². The van der Waals surface area contributed by atoms with Gasteiger partial charge in [-0.15, -0.1) is 0 Å². The Bertz CT molecular complexity index is 632. The number of aromatic nitrogens is 1. The van der Waals surface area contributed by atoms with Crippen molar-refractivity contribution < 1.29 is 9.53 Å². The fourth-order valence-electron chi connectivity index (χ4n) is 1.71. The Labute approximate surface area is 125 Å². The zero-order chi connectivity index (χ0) is 14.5. The summed E-state index contributed by atoms with van der Waals surface area (Å²) in [5.74, 6) is 0.430. The van der Waals surface area contributed by atoms with Crippen molar-refractivity contribution in [3.63, 3.8) is 0 Å². The van der Waals surface area contributed by atoms with Crippen LogP contribution >= 0.6 is 15.9 Å². The van der Waals surface area contributed by atoms with Gasteiger partial charge >= 0.3 is 0 Å². The van der Waals surface area contributed by atoms with Crippen molar-refractivity contribution in [3.8, 4) is 5.75 Å². The third-order valence-corrected chi connectivity index (χ3v) is 3.45. The smallest absolute Gasteiger partial charge is 0.259 e. The Morgan fingerprint density at radius 2 is 2.10 bits per heavy atom. The molecule has 1 heterocycles. The van der Waals surface area contributed by atoms with Crippen molar-refractivity contribution in [2.24, 2.45) is 0 Å². The van der Waals surface area contributed by atoms with Gasteiger partial charge in [0.1, 0.15) is 5.75 Å². The summed E-state index contributed by atoms with van der Waals surface area (Å²) in [5.41, 5.74) is 1.83. The third-order valence-electron chi connectivity index (χ3n) is 2.76. The predicted molar refractivity (Wildman–Crippen MR) is 82.4 cm³/mol. The number of hydrogen-bond donors (Lipinski definition) is 2. The summed E-state index contributed by atoms with van der Waals surface area (Å²) in [6.45, 7) is 0. The van der Waals surface area contributed by atoms with Gasteiger partial charge in [-0.1, -0.05) is 0 Å². The highest BCUT2D eigenvalue weighted by Gasteiger charge is 2.13. The van der Waals surface area contributed by atoms with E-state index in [0.29, 0.717) is 17.0 Å². The second kappa shape index (κ2) is 6.38. The topological polar surface area (TPSA) is 63.2 Å². The fraction of sp³-hybridized carbons (Fsp3) is 0.143. The number of ether oxygens (including phenoxy) is 1. The average Bonchev–Trinajstić information content (AvgIpc) is 2.49. The summed E-state index contributed by atoms with van der Waals surface area (Å²) in [6, 6.07) is 7.12. The number of nitrogens with one attached hydrogen (secondary N) is 2. The van der Waals surface area contributed by atoms with Crippen LogP contribution in [0.3, 0.4) is 0 Å². The number of anilines is 2. The van der Waals surface area contributed by atoms with Crippen LogP contribution in [0.2, 0.25) is 0 Å². The van der Waals surface area contributed by atoms with E-state index in [9.17, 15) is 4.79 Å². The maximum Gasteiger partial charge on any atom is 0.259 e. The zero-order valence-corrected chi connectivity index (χ0v) is 12.7. The molecule has 1 amide bonds. The highest BCUT2D eigenvalue weighted by atomic mass is 79.9. The monoisotopic (exact) mass is 335 g/mol. The van der Waals surface area contributed by atoms with Crippen LogP contribution in [-0.4, -0.2) is 25.0 Å². The maximum absolute atomic E-state index is 12.3. The van der Waals surface area contributed by atoms with E-state index in [4.69, 9.17) is 4.74 Å². The van der Waals surface area contributed by atoms with E-state index in [0.717, 1.165) is 10.2 Å². The zero-order valence-electron chi connectivity index (χ0n) is 11.1. The first-order chi connectivity index (χ1) is 9.65. The second-order valence-corrected chi connectivity index (χ2v) is 4.83. The normalized spacial score (nSPS) is 9.95. The van der Waals surface area contributed by atoms with Gasteiger partial charge in [0.25, 0.3) is 5.91 Å². The average molecular weight is 336 g/mol. The number of amides is 1. The Hall–Kier alpha value is -2.08. The van der Waals surface area contributed by atoms with Gasteiger partial charge < -0.3 is 15.4 Å². The van der Waals surface area contributed by atoms with E-state index in [1.807, 2.05) is 12.1 Å². The molecule has 0 saturated heterocycles. The third kappa shape index (κ3) is 3.08. The Kier molecular flexibility index (Phi) is 4.57. The van der Waals surface area contributed by atoms with Crippen LogP contribution < -0.4 is 15.4 Å². The summed E-state index contributed by atoms with van der Waals surface area (Å²) < 4.78 is 5.92. The summed E-state index contributed by atoms with van der Waals surface area (Å²) in [6.07, 6.45) is 3.15. The molecule has 6 heteroatoms. The van der Waals surface area contributed by atoms with Crippen molar-refractivity contribution in [3.05, 3.63) is 46.7 Å². The number of carbonyl (C=O) groups is 1. The van der Waals surface area contributed by atoms with Gasteiger partial charge in [0.2, 0.25) is 0 Å². The molecular formula is C14H14BrN3O2. The van der Waals surface area contributed by atoms with Crippen molar-refractivity contribution in [1.82, 2.24) is 4.98 Å². The van der Waals surface area contributed by atoms with Crippen molar-refractivity contribution >= 4 is 33.2 Å². The molecule has 0 spiro atoms. The summed E-state index contributed by atoms with van der Waals surface area (Å²) >= 11 is 3.39. The highest BCUT2D eigenvalue weighted by molar-refractivity contribution is 9.10. The first kappa shape index (κ1) is 14.3. The van der Waals surface area contributed by atoms with Crippen LogP contribution in [0, 0.1) is 0 Å². The van der Waals surface area contributed by atoms with E-state index >= 15 is 0 Å². The lowest BCUT2D eigenvalue weighted by Gasteiger charge is -2.11. The molecule has 5 nitrogen and oxygen atoms in total. The number of methoxy groups -OCH3 is 1. The quantitative estimate of drug-likeness (QED) is 0.900. The number of hydrogen-bond acceptors (Lipinski definition) is 4. The Morgan fingerprint density at radius 3 is 2.80 bits per heavy atom. The van der Waals surface area contributed by atoms with Crippen LogP contribution in [0.25, 0.3) is 0 Å². The van der Waals surface area contributed by atoms with E-state index < -0.39 is 0 Å². The van der Waals surface area contributed by atoms with Gasteiger partial charge in [-0.25, -0.2) is 0 Å². The molecule has 0 aliphatic rings. The minimum Gasteiger partial charge on any atom is -0.497 e. The molecule has 0 atom stereocenters. The van der Waals surface area contributed by atoms with Gasteiger partial charge in [-0.2, -0.15) is 0 Å². The van der Waals surface area contributed by atoms with Crippen LogP contribution in [0.15, 0.2) is 41.1 Å². The van der Waals surface area contributed by atoms with Crippen LogP contribution in [0.5, 0.6) is 5.75 Å². The number of pyridine rings is 1. The van der Waals surface area contributed by atoms with Crippen molar-refractivity contribution in [2.75, 3.05) is 24.8 Å². The molecule has 0 radical (unpaired) electrons. The molecule has 0 aliphatic heterocycles. The predicted octanol–water partition coefficient (Wildman–Crippen LogP) is 3.15. The van der Waals surface area contributed by atoms with Gasteiger partial charge in [-0.3, -0.25) is 9.78 Å². The SMILES string of the molecule is CNc1ccncc1C(=O)Nc1cc(OC)ccc1Br. The molecule has 0 aliphatic carbocycles. The first-order valence-corrected chi connectivity index (χ1v) is 6.71. The van der Waals surface area contributed by atoms with E-state index in [1.165, 1.54) is 6.20 Å². The lowest BCUT2D eigenvalue weighted by Crippen LogP contribution is -2.14. The van der Waals surface area contributed by atoms with Gasteiger partial charge in [-0.05, 0) is 34.1 Å². The molecule has 0 fully saturated rings. The van der Waals surface area contributed by atoms with E-state index in [2.05, 4.69) is 31.5 Å². The molecular weight excluding hydrogens is 322 g/mol. The highest BCUT2D eigenvalue weighted by Crippen LogP contribution is 2.28. The number of nitrogens with zero attached hydrogens (tertiary/aromatic N) is 1. The number of rotatable bonds is 4. The molecule has 1 aromatic carbocycles. The summed E-state index contributed by atoms with van der Waals surface area (Å²) in [4.78, 5) is 16.3. The van der Waals surface area contributed by atoms with Gasteiger partial charge in [0.05, 0.1) is 18.4 Å². The Morgan fingerprint density at radius 1 is 1.30 bits per heavy atom. The molecule has 0 bridgehead atoms. The minimum absolute atomic E-state index is 0.239. The number of carbonyl (C=O) groups excluding carboxylic acids is 1. The molecule has 2 rings (SSSR count). The van der Waals surface area contributed by atoms with Gasteiger partial charge in [0, 0.05) is 35.7 Å². The summed E-state index contributed by atoms with van der Waals surface area (Å²) in [5, 5.41) is 5.79. The number of benzene rings is 1. The molecule has 104 valence electrons. The second-order valence-electron chi connectivity index (χ2n) is 3.97. The van der Waals surface area contributed by atoms with Crippen molar-refractivity contribution in [1.29, 1.82) is 0 Å². The van der Waals surface area contributed by atoms with Gasteiger partial charge in [0.15, 0.2) is 0 Å². The lowest BCUT2D eigenvalue weighted by molar-refractivity contribution is 0.102. The van der Waals surface area contributed by atoms with Crippen LogP contribution in [0.1, 0.15) is 10.4 Å². The largest absolute Gasteiger partial charge is 0.497 e. The molecule has 1 aromatic heterocycles. The maximum atomic E-state index is 12.3. The summed E-state index contributed by atoms with van der Waals surface area (Å²) in [7, 11) is 3.34. The first-order valence-electron chi connectivity index (χ1n) is 5.92. The molecule has 20 heavy (non-hydrogen) atoms.